The van der Waals surface area contributed by atoms with Gasteiger partial charge in [-0.3, -0.25) is 9.59 Å². The van der Waals surface area contributed by atoms with Gasteiger partial charge < -0.3 is 19.3 Å². The van der Waals surface area contributed by atoms with E-state index in [0.717, 1.165) is 72.4 Å². The molecule has 2 aliphatic rings. The van der Waals surface area contributed by atoms with Crippen LogP contribution in [0.4, 0.5) is 0 Å². The Morgan fingerprint density at radius 1 is 0.567 bits per heavy atom. The number of carbonyl (C=O) groups excluding carboxylic acids is 3. The number of esters is 3. The molecule has 0 spiro atoms. The number of fused-ring (bicyclic) bond motifs is 2. The normalized spacial score (nSPS) is 18.3. The lowest BCUT2D eigenvalue weighted by atomic mass is 9.96. The third-order valence-electron chi connectivity index (χ3n) is 11.9. The topological polar surface area (TPSA) is 168 Å². The summed E-state index contributed by atoms with van der Waals surface area (Å²) in [4.78, 5) is 68.0. The highest BCUT2D eigenvalue weighted by Gasteiger charge is 2.35. The average molecular weight is 948 g/mol. The van der Waals surface area contributed by atoms with E-state index in [1.807, 2.05) is 90.1 Å². The number of hydrogen-bond donors (Lipinski definition) is 1. The van der Waals surface area contributed by atoms with Gasteiger partial charge in [0, 0.05) is 21.2 Å². The number of nitrogens with zero attached hydrogens (tertiary/aromatic N) is 4. The van der Waals surface area contributed by atoms with Gasteiger partial charge in [-0.2, -0.15) is 0 Å². The summed E-state index contributed by atoms with van der Waals surface area (Å²) in [5, 5.41) is 10.6. The molecule has 2 heterocycles. The molecule has 67 heavy (non-hydrogen) atoms. The summed E-state index contributed by atoms with van der Waals surface area (Å²) >= 11 is 12.2. The van der Waals surface area contributed by atoms with Crippen molar-refractivity contribution in [2.75, 3.05) is 7.11 Å². The van der Waals surface area contributed by atoms with E-state index in [0.29, 0.717) is 56.4 Å². The van der Waals surface area contributed by atoms with Crippen LogP contribution in [-0.2, 0) is 36.6 Å². The Kier molecular flexibility index (Phi) is 15.0. The summed E-state index contributed by atoms with van der Waals surface area (Å²) < 4.78 is 16.0. The SMILES string of the molecule is CC(C)(C)OC(=O)C1CCC(Cc2nc3cc(C(=O)O)ccc3nc2-c2ccc(Cl)cc2)C1.COC(=O)c1ccc2nc(-c3ccc(Cl)cc3)c(CC3CCC(C(=O)OC(C)(C)C)C3)nc2c1. The lowest BCUT2D eigenvalue weighted by Gasteiger charge is -2.22. The molecule has 14 heteroatoms. The van der Waals surface area contributed by atoms with E-state index < -0.39 is 23.1 Å². The number of carboxylic acids is 1. The minimum Gasteiger partial charge on any atom is -0.478 e. The highest BCUT2D eigenvalue weighted by molar-refractivity contribution is 6.31. The van der Waals surface area contributed by atoms with Crippen molar-refractivity contribution in [1.29, 1.82) is 0 Å². The van der Waals surface area contributed by atoms with Gasteiger partial charge in [0.25, 0.3) is 0 Å². The van der Waals surface area contributed by atoms with Crippen LogP contribution >= 0.6 is 23.2 Å². The number of halogens is 2. The lowest BCUT2D eigenvalue weighted by Crippen LogP contribution is -2.27. The van der Waals surface area contributed by atoms with Crippen molar-refractivity contribution in [3.8, 4) is 22.5 Å². The van der Waals surface area contributed by atoms with Gasteiger partial charge in [0.1, 0.15) is 11.2 Å². The third-order valence-corrected chi connectivity index (χ3v) is 12.4. The molecular formula is C53H56Cl2N4O8. The second-order valence-corrected chi connectivity index (χ2v) is 20.4. The van der Waals surface area contributed by atoms with Crippen molar-refractivity contribution in [2.24, 2.45) is 23.7 Å². The molecule has 2 saturated carbocycles. The molecule has 4 aromatic carbocycles. The second kappa shape index (κ2) is 20.5. The summed E-state index contributed by atoms with van der Waals surface area (Å²) in [5.41, 5.74) is 7.12. The van der Waals surface area contributed by atoms with Gasteiger partial charge in [0.2, 0.25) is 0 Å². The molecule has 2 aliphatic carbocycles. The van der Waals surface area contributed by atoms with E-state index in [9.17, 15) is 24.3 Å². The fourth-order valence-electron chi connectivity index (χ4n) is 8.79. The van der Waals surface area contributed by atoms with E-state index in [1.54, 1.807) is 30.3 Å². The van der Waals surface area contributed by atoms with Crippen molar-refractivity contribution in [3.63, 3.8) is 0 Å². The Morgan fingerprint density at radius 3 is 1.36 bits per heavy atom. The second-order valence-electron chi connectivity index (χ2n) is 19.5. The molecule has 0 aliphatic heterocycles. The Morgan fingerprint density at radius 2 is 0.970 bits per heavy atom. The fourth-order valence-corrected chi connectivity index (χ4v) is 9.04. The smallest absolute Gasteiger partial charge is 0.337 e. The number of aromatic carboxylic acids is 1. The molecule has 0 saturated heterocycles. The van der Waals surface area contributed by atoms with Crippen LogP contribution in [0, 0.1) is 23.7 Å². The highest BCUT2D eigenvalue weighted by atomic mass is 35.5. The van der Waals surface area contributed by atoms with Crippen molar-refractivity contribution < 1.29 is 38.5 Å². The molecule has 12 nitrogen and oxygen atoms in total. The van der Waals surface area contributed by atoms with Crippen LogP contribution in [-0.4, -0.2) is 67.2 Å². The highest BCUT2D eigenvalue weighted by Crippen LogP contribution is 2.38. The zero-order valence-corrected chi connectivity index (χ0v) is 40.4. The molecule has 2 fully saturated rings. The molecule has 0 radical (unpaired) electrons. The first-order valence-electron chi connectivity index (χ1n) is 22.6. The quantitative estimate of drug-likeness (QED) is 0.102. The summed E-state index contributed by atoms with van der Waals surface area (Å²) in [6.07, 6.45) is 6.26. The van der Waals surface area contributed by atoms with Gasteiger partial charge in [-0.15, -0.1) is 0 Å². The molecule has 0 amide bonds. The number of aromatic nitrogens is 4. The predicted molar refractivity (Wildman–Crippen MR) is 259 cm³/mol. The lowest BCUT2D eigenvalue weighted by molar-refractivity contribution is -0.160. The van der Waals surface area contributed by atoms with E-state index in [2.05, 4.69) is 0 Å². The van der Waals surface area contributed by atoms with Crippen LogP contribution in [0.25, 0.3) is 44.6 Å². The largest absolute Gasteiger partial charge is 0.478 e. The number of ether oxygens (including phenoxy) is 3. The maximum atomic E-state index is 12.6. The monoisotopic (exact) mass is 946 g/mol. The predicted octanol–water partition coefficient (Wildman–Crippen LogP) is 12.0. The number of benzene rings is 4. The molecular weight excluding hydrogens is 892 g/mol. The fraction of sp³-hybridized carbons (Fsp3) is 0.396. The van der Waals surface area contributed by atoms with Gasteiger partial charge in [0.05, 0.1) is 74.9 Å². The van der Waals surface area contributed by atoms with E-state index >= 15 is 0 Å². The molecule has 6 aromatic rings. The summed E-state index contributed by atoms with van der Waals surface area (Å²) in [7, 11) is 1.36. The first kappa shape index (κ1) is 48.9. The first-order chi connectivity index (χ1) is 31.7. The van der Waals surface area contributed by atoms with Crippen LogP contribution in [0.1, 0.15) is 112 Å². The average Bonchev–Trinajstić information content (AvgIpc) is 3.95. The van der Waals surface area contributed by atoms with Crippen LogP contribution < -0.4 is 0 Å². The van der Waals surface area contributed by atoms with Crippen molar-refractivity contribution in [3.05, 3.63) is 117 Å². The number of carbonyl (C=O) groups is 4. The standard InChI is InChI=1S/C27H29ClN2O4.C26H27ClN2O4/c1-27(2,3)34-26(32)18-6-5-16(13-18)14-23-24(17-7-10-20(28)11-8-17)30-21-12-9-19(25(31)33-4)15-22(21)29-23;1-26(2,3)33-25(32)18-5-4-15(12-18)13-22-23(16-6-9-19(27)10-7-16)29-20-11-8-17(24(30)31)14-21(20)28-22/h7-12,15-16,18H,5-6,13-14H2,1-4H3;6-11,14-15,18H,4-5,12-13H2,1-3H3,(H,30,31). The van der Waals surface area contributed by atoms with E-state index in [1.165, 1.54) is 13.2 Å². The Balaban J connectivity index is 0.000000199. The number of methoxy groups -OCH3 is 1. The third kappa shape index (κ3) is 12.7. The van der Waals surface area contributed by atoms with Gasteiger partial charge >= 0.3 is 23.9 Å². The molecule has 4 unspecified atom stereocenters. The summed E-state index contributed by atoms with van der Waals surface area (Å²) in [5.74, 6) is -1.33. The molecule has 4 atom stereocenters. The zero-order valence-electron chi connectivity index (χ0n) is 38.9. The molecule has 1 N–H and O–H groups in total. The number of hydrogen-bond acceptors (Lipinski definition) is 11. The van der Waals surface area contributed by atoms with Crippen molar-refractivity contribution >= 4 is 69.1 Å². The number of carboxylic acid groups (broad SMARTS) is 1. The van der Waals surface area contributed by atoms with Crippen LogP contribution in [0.2, 0.25) is 10.0 Å². The first-order valence-corrected chi connectivity index (χ1v) is 23.4. The molecule has 8 rings (SSSR count). The van der Waals surface area contributed by atoms with E-state index in [4.69, 9.17) is 57.3 Å². The number of rotatable bonds is 10. The van der Waals surface area contributed by atoms with Crippen LogP contribution in [0.5, 0.6) is 0 Å². The summed E-state index contributed by atoms with van der Waals surface area (Å²) in [6.45, 7) is 11.3. The minimum atomic E-state index is -1.00. The molecule has 0 bridgehead atoms. The van der Waals surface area contributed by atoms with Gasteiger partial charge in [-0.1, -0.05) is 47.5 Å². The maximum absolute atomic E-state index is 12.6. The molecule has 350 valence electrons. The van der Waals surface area contributed by atoms with E-state index in [-0.39, 0.29) is 35.3 Å². The van der Waals surface area contributed by atoms with Crippen LogP contribution in [0.3, 0.4) is 0 Å². The van der Waals surface area contributed by atoms with Crippen molar-refractivity contribution in [1.82, 2.24) is 19.9 Å². The van der Waals surface area contributed by atoms with Gasteiger partial charge in [-0.05, 0) is 165 Å². The van der Waals surface area contributed by atoms with Gasteiger partial charge in [0.15, 0.2) is 0 Å². The Hall–Kier alpha value is -5.98. The zero-order chi connectivity index (χ0) is 48.2. The Labute approximate surface area is 400 Å². The maximum Gasteiger partial charge on any atom is 0.337 e. The minimum absolute atomic E-state index is 0.0949. The van der Waals surface area contributed by atoms with Gasteiger partial charge in [-0.25, -0.2) is 29.5 Å². The van der Waals surface area contributed by atoms with Crippen LogP contribution in [0.15, 0.2) is 84.9 Å². The molecule has 2 aromatic heterocycles. The van der Waals surface area contributed by atoms with Crippen molar-refractivity contribution in [2.45, 2.75) is 104 Å². The Bertz CT molecular complexity index is 2800. The summed E-state index contributed by atoms with van der Waals surface area (Å²) in [6, 6.07) is 24.9.